The predicted octanol–water partition coefficient (Wildman–Crippen LogP) is 2.97. The van der Waals surface area contributed by atoms with Crippen LogP contribution in [0, 0.1) is 5.92 Å². The standard InChI is InChI=1S/C15H19NO3/c1-12(17)16(10-13-8-5-9-13)15(18)19-11-14-6-3-2-4-7-14/h2-4,6-7,13H,5,8-11H2,1H3. The summed E-state index contributed by atoms with van der Waals surface area (Å²) in [4.78, 5) is 24.6. The Balaban J connectivity index is 1.86. The molecule has 1 fully saturated rings. The summed E-state index contributed by atoms with van der Waals surface area (Å²) in [5.74, 6) is 0.207. The minimum Gasteiger partial charge on any atom is -0.444 e. The first kappa shape index (κ1) is 13.6. The molecule has 0 atom stereocenters. The Kier molecular flexibility index (Phi) is 4.55. The quantitative estimate of drug-likeness (QED) is 0.837. The second kappa shape index (κ2) is 6.36. The van der Waals surface area contributed by atoms with E-state index in [0.717, 1.165) is 18.4 Å². The van der Waals surface area contributed by atoms with Crippen LogP contribution < -0.4 is 0 Å². The minimum atomic E-state index is -0.539. The molecule has 1 aromatic rings. The average Bonchev–Trinajstić information content (AvgIpc) is 2.35. The van der Waals surface area contributed by atoms with Gasteiger partial charge >= 0.3 is 6.09 Å². The van der Waals surface area contributed by atoms with Crippen molar-refractivity contribution in [2.75, 3.05) is 6.54 Å². The molecule has 0 aliphatic heterocycles. The van der Waals surface area contributed by atoms with Crippen molar-refractivity contribution in [2.24, 2.45) is 5.92 Å². The van der Waals surface area contributed by atoms with E-state index in [1.165, 1.54) is 18.2 Å². The molecule has 2 rings (SSSR count). The summed E-state index contributed by atoms with van der Waals surface area (Å²) in [7, 11) is 0. The molecule has 102 valence electrons. The number of rotatable bonds is 4. The highest BCUT2D eigenvalue weighted by atomic mass is 16.6. The van der Waals surface area contributed by atoms with Crippen molar-refractivity contribution >= 4 is 12.0 Å². The lowest BCUT2D eigenvalue weighted by atomic mass is 9.85. The van der Waals surface area contributed by atoms with Crippen molar-refractivity contribution in [2.45, 2.75) is 32.8 Å². The largest absolute Gasteiger partial charge is 0.444 e. The van der Waals surface area contributed by atoms with E-state index in [1.54, 1.807) is 0 Å². The topological polar surface area (TPSA) is 46.6 Å². The summed E-state index contributed by atoms with van der Waals surface area (Å²) in [6.07, 6.45) is 2.84. The molecule has 19 heavy (non-hydrogen) atoms. The van der Waals surface area contributed by atoms with E-state index in [-0.39, 0.29) is 12.5 Å². The number of hydrogen-bond acceptors (Lipinski definition) is 3. The van der Waals surface area contributed by atoms with Crippen LogP contribution in [0.5, 0.6) is 0 Å². The highest BCUT2D eigenvalue weighted by Crippen LogP contribution is 2.27. The van der Waals surface area contributed by atoms with Gasteiger partial charge in [-0.25, -0.2) is 9.69 Å². The molecule has 4 heteroatoms. The van der Waals surface area contributed by atoms with Crippen LogP contribution in [0.3, 0.4) is 0 Å². The summed E-state index contributed by atoms with van der Waals surface area (Å²) in [6, 6.07) is 9.46. The van der Waals surface area contributed by atoms with Crippen LogP contribution >= 0.6 is 0 Å². The van der Waals surface area contributed by atoms with Crippen LogP contribution in [0.4, 0.5) is 4.79 Å². The second-order valence-electron chi connectivity index (χ2n) is 4.97. The van der Waals surface area contributed by atoms with Gasteiger partial charge in [-0.05, 0) is 24.3 Å². The van der Waals surface area contributed by atoms with Gasteiger partial charge in [-0.15, -0.1) is 0 Å². The maximum absolute atomic E-state index is 11.9. The third-order valence-corrected chi connectivity index (χ3v) is 3.47. The number of benzene rings is 1. The summed E-state index contributed by atoms with van der Waals surface area (Å²) in [5, 5.41) is 0. The molecule has 0 spiro atoms. The zero-order chi connectivity index (χ0) is 13.7. The van der Waals surface area contributed by atoms with Crippen LogP contribution in [-0.2, 0) is 16.1 Å². The lowest BCUT2D eigenvalue weighted by molar-refractivity contribution is -0.128. The second-order valence-corrected chi connectivity index (χ2v) is 4.97. The number of carbonyl (C=O) groups excluding carboxylic acids is 2. The Labute approximate surface area is 113 Å². The normalized spacial score (nSPS) is 14.6. The van der Waals surface area contributed by atoms with Gasteiger partial charge in [0.25, 0.3) is 0 Å². The smallest absolute Gasteiger partial charge is 0.416 e. The molecular formula is C15H19NO3. The zero-order valence-electron chi connectivity index (χ0n) is 11.2. The Morgan fingerprint density at radius 1 is 1.26 bits per heavy atom. The molecule has 4 nitrogen and oxygen atoms in total. The van der Waals surface area contributed by atoms with E-state index in [2.05, 4.69) is 0 Å². The van der Waals surface area contributed by atoms with Crippen molar-refractivity contribution in [3.8, 4) is 0 Å². The first-order chi connectivity index (χ1) is 9.16. The molecular weight excluding hydrogens is 242 g/mol. The molecule has 2 amide bonds. The minimum absolute atomic E-state index is 0.202. The van der Waals surface area contributed by atoms with Gasteiger partial charge in [-0.1, -0.05) is 36.8 Å². The van der Waals surface area contributed by atoms with Crippen molar-refractivity contribution < 1.29 is 14.3 Å². The number of ether oxygens (including phenoxy) is 1. The SMILES string of the molecule is CC(=O)N(CC1CCC1)C(=O)OCc1ccccc1. The van der Waals surface area contributed by atoms with E-state index in [4.69, 9.17) is 4.74 Å². The van der Waals surface area contributed by atoms with E-state index < -0.39 is 6.09 Å². The van der Waals surface area contributed by atoms with Crippen LogP contribution in [0.25, 0.3) is 0 Å². The van der Waals surface area contributed by atoms with E-state index in [9.17, 15) is 9.59 Å². The fraction of sp³-hybridized carbons (Fsp3) is 0.467. The maximum atomic E-state index is 11.9. The van der Waals surface area contributed by atoms with Gasteiger partial charge in [-0.2, -0.15) is 0 Å². The van der Waals surface area contributed by atoms with Crippen LogP contribution in [0.2, 0.25) is 0 Å². The number of carbonyl (C=O) groups is 2. The van der Waals surface area contributed by atoms with E-state index >= 15 is 0 Å². The predicted molar refractivity (Wildman–Crippen MR) is 71.4 cm³/mol. The molecule has 1 saturated carbocycles. The van der Waals surface area contributed by atoms with E-state index in [0.29, 0.717) is 12.5 Å². The first-order valence-electron chi connectivity index (χ1n) is 6.65. The third-order valence-electron chi connectivity index (χ3n) is 3.47. The molecule has 0 aromatic heterocycles. The lowest BCUT2D eigenvalue weighted by Gasteiger charge is -2.30. The van der Waals surface area contributed by atoms with Gasteiger partial charge in [0, 0.05) is 13.5 Å². The Morgan fingerprint density at radius 2 is 1.95 bits per heavy atom. The fourth-order valence-electron chi connectivity index (χ4n) is 2.06. The highest BCUT2D eigenvalue weighted by molar-refractivity contribution is 5.90. The monoisotopic (exact) mass is 261 g/mol. The molecule has 0 saturated heterocycles. The molecule has 0 N–H and O–H groups in total. The average molecular weight is 261 g/mol. The Bertz CT molecular complexity index is 440. The first-order valence-corrected chi connectivity index (χ1v) is 6.65. The molecule has 1 aromatic carbocycles. The van der Waals surface area contributed by atoms with Gasteiger partial charge in [0.05, 0.1) is 0 Å². The molecule has 0 heterocycles. The third kappa shape index (κ3) is 3.81. The van der Waals surface area contributed by atoms with Gasteiger partial charge in [0.15, 0.2) is 0 Å². The van der Waals surface area contributed by atoms with Crippen molar-refractivity contribution in [3.63, 3.8) is 0 Å². The van der Waals surface area contributed by atoms with Crippen molar-refractivity contribution in [3.05, 3.63) is 35.9 Å². The summed E-state index contributed by atoms with van der Waals surface area (Å²) >= 11 is 0. The molecule has 0 bridgehead atoms. The number of hydrogen-bond donors (Lipinski definition) is 0. The highest BCUT2D eigenvalue weighted by Gasteiger charge is 2.27. The summed E-state index contributed by atoms with van der Waals surface area (Å²) < 4.78 is 5.19. The molecule has 0 unspecified atom stereocenters. The Morgan fingerprint density at radius 3 is 2.47 bits per heavy atom. The summed E-state index contributed by atoms with van der Waals surface area (Å²) in [6.45, 7) is 2.10. The fourth-order valence-corrected chi connectivity index (χ4v) is 2.06. The molecule has 1 aliphatic carbocycles. The number of imide groups is 1. The maximum Gasteiger partial charge on any atom is 0.416 e. The van der Waals surface area contributed by atoms with Gasteiger partial charge < -0.3 is 4.74 Å². The van der Waals surface area contributed by atoms with Gasteiger partial charge in [0.1, 0.15) is 6.61 Å². The molecule has 1 aliphatic rings. The number of nitrogens with zero attached hydrogens (tertiary/aromatic N) is 1. The van der Waals surface area contributed by atoms with Gasteiger partial charge in [-0.3, -0.25) is 4.79 Å². The molecule has 0 radical (unpaired) electrons. The lowest BCUT2D eigenvalue weighted by Crippen LogP contribution is -2.40. The Hall–Kier alpha value is -1.84. The summed E-state index contributed by atoms with van der Waals surface area (Å²) in [5.41, 5.74) is 0.919. The van der Waals surface area contributed by atoms with E-state index in [1.807, 2.05) is 30.3 Å². The number of amides is 2. The van der Waals surface area contributed by atoms with Crippen LogP contribution in [-0.4, -0.2) is 23.4 Å². The van der Waals surface area contributed by atoms with Crippen LogP contribution in [0.15, 0.2) is 30.3 Å². The zero-order valence-corrected chi connectivity index (χ0v) is 11.2. The van der Waals surface area contributed by atoms with Crippen LogP contribution in [0.1, 0.15) is 31.7 Å². The van der Waals surface area contributed by atoms with Crippen molar-refractivity contribution in [1.82, 2.24) is 4.90 Å². The van der Waals surface area contributed by atoms with Crippen molar-refractivity contribution in [1.29, 1.82) is 0 Å². The van der Waals surface area contributed by atoms with Gasteiger partial charge in [0.2, 0.25) is 5.91 Å².